The lowest BCUT2D eigenvalue weighted by Crippen LogP contribution is -2.40. The number of nitrogens with zero attached hydrogens (tertiary/aromatic N) is 2. The van der Waals surface area contributed by atoms with E-state index in [1.165, 1.54) is 0 Å². The lowest BCUT2D eigenvalue weighted by atomic mass is 10.2. The number of aliphatic imine (C=N–C) groups is 1. The van der Waals surface area contributed by atoms with Crippen LogP contribution in [0.3, 0.4) is 0 Å². The molecule has 0 aliphatic rings. The van der Waals surface area contributed by atoms with Crippen molar-refractivity contribution in [3.05, 3.63) is 59.8 Å². The average Bonchev–Trinajstić information content (AvgIpc) is 2.60. The first-order chi connectivity index (χ1) is 11.7. The molecule has 2 aromatic rings. The summed E-state index contributed by atoms with van der Waals surface area (Å²) in [6.45, 7) is 3.50. The van der Waals surface area contributed by atoms with E-state index in [0.29, 0.717) is 31.6 Å². The summed E-state index contributed by atoms with van der Waals surface area (Å²) in [4.78, 5) is 8.54. The largest absolute Gasteiger partial charge is 0.473 e. The van der Waals surface area contributed by atoms with Crippen LogP contribution >= 0.6 is 24.0 Å². The minimum Gasteiger partial charge on any atom is -0.473 e. The smallest absolute Gasteiger partial charge is 0.213 e. The van der Waals surface area contributed by atoms with Gasteiger partial charge in [0.05, 0.1) is 13.2 Å². The Morgan fingerprint density at radius 1 is 1.24 bits per heavy atom. The van der Waals surface area contributed by atoms with Gasteiger partial charge in [0, 0.05) is 25.4 Å². The Labute approximate surface area is 165 Å². The van der Waals surface area contributed by atoms with Gasteiger partial charge in [-0.25, -0.2) is 9.98 Å². The van der Waals surface area contributed by atoms with Crippen LogP contribution in [0.25, 0.3) is 0 Å². The van der Waals surface area contributed by atoms with Crippen molar-refractivity contribution >= 4 is 29.9 Å². The van der Waals surface area contributed by atoms with Crippen LogP contribution in [0.1, 0.15) is 18.1 Å². The second-order valence-electron chi connectivity index (χ2n) is 5.48. The molecule has 1 unspecified atom stereocenters. The first-order valence-electron chi connectivity index (χ1n) is 7.84. The molecule has 0 aliphatic heterocycles. The fourth-order valence-corrected chi connectivity index (χ4v) is 2.13. The second kappa shape index (κ2) is 11.6. The van der Waals surface area contributed by atoms with Crippen molar-refractivity contribution in [1.29, 1.82) is 0 Å². The van der Waals surface area contributed by atoms with E-state index in [0.717, 1.165) is 11.1 Å². The third-order valence-corrected chi connectivity index (χ3v) is 3.27. The molecule has 0 saturated carbocycles. The summed E-state index contributed by atoms with van der Waals surface area (Å²) in [5.74, 6) is 0.967. The summed E-state index contributed by atoms with van der Waals surface area (Å²) in [6, 6.07) is 13.9. The van der Waals surface area contributed by atoms with Gasteiger partial charge in [0.1, 0.15) is 6.61 Å². The van der Waals surface area contributed by atoms with E-state index < -0.39 is 0 Å². The molecule has 0 saturated heterocycles. The molecular formula is C18H25IN4O2. The molecule has 1 aromatic heterocycles. The molecule has 1 heterocycles. The van der Waals surface area contributed by atoms with Gasteiger partial charge in [-0.05, 0) is 24.1 Å². The monoisotopic (exact) mass is 456 g/mol. The fraction of sp³-hybridized carbons (Fsp3) is 0.333. The molecule has 136 valence electrons. The van der Waals surface area contributed by atoms with Gasteiger partial charge < -0.3 is 20.5 Å². The first kappa shape index (κ1) is 21.2. The zero-order chi connectivity index (χ0) is 17.2. The summed E-state index contributed by atoms with van der Waals surface area (Å²) >= 11 is 0. The number of benzene rings is 1. The van der Waals surface area contributed by atoms with Crippen LogP contribution in [0.5, 0.6) is 5.88 Å². The zero-order valence-corrected chi connectivity index (χ0v) is 16.8. The van der Waals surface area contributed by atoms with Crippen molar-refractivity contribution in [3.63, 3.8) is 0 Å². The number of ether oxygens (including phenoxy) is 2. The molecule has 3 N–H and O–H groups in total. The van der Waals surface area contributed by atoms with Gasteiger partial charge in [0.25, 0.3) is 0 Å². The van der Waals surface area contributed by atoms with Gasteiger partial charge in [-0.1, -0.05) is 30.3 Å². The number of hydrogen-bond acceptors (Lipinski definition) is 4. The number of aromatic nitrogens is 1. The summed E-state index contributed by atoms with van der Waals surface area (Å²) < 4.78 is 10.8. The van der Waals surface area contributed by atoms with Crippen molar-refractivity contribution in [3.8, 4) is 5.88 Å². The third kappa shape index (κ3) is 8.17. The van der Waals surface area contributed by atoms with Gasteiger partial charge in [-0.15, -0.1) is 24.0 Å². The number of nitrogens with one attached hydrogen (secondary N) is 1. The summed E-state index contributed by atoms with van der Waals surface area (Å²) in [7, 11) is 1.65. The Morgan fingerprint density at radius 2 is 2.00 bits per heavy atom. The second-order valence-corrected chi connectivity index (χ2v) is 5.48. The van der Waals surface area contributed by atoms with Crippen molar-refractivity contribution in [1.82, 2.24) is 10.3 Å². The number of guanidine groups is 1. The average molecular weight is 456 g/mol. The molecule has 0 spiro atoms. The predicted molar refractivity (Wildman–Crippen MR) is 110 cm³/mol. The molecule has 25 heavy (non-hydrogen) atoms. The number of halogens is 1. The first-order valence-corrected chi connectivity index (χ1v) is 7.84. The number of pyridine rings is 1. The van der Waals surface area contributed by atoms with E-state index in [2.05, 4.69) is 15.3 Å². The standard InChI is InChI=1S/C18H24N4O2.HI/c1-14(12-23-2)22-18(19)21-11-16-8-9-20-17(10-16)24-13-15-6-4-3-5-7-15;/h3-10,14H,11-13H2,1-2H3,(H3,19,21,22);1H. The minimum absolute atomic E-state index is 0. The lowest BCUT2D eigenvalue weighted by Gasteiger charge is -2.13. The maximum atomic E-state index is 5.86. The van der Waals surface area contributed by atoms with E-state index >= 15 is 0 Å². The summed E-state index contributed by atoms with van der Waals surface area (Å²) in [5, 5.41) is 3.07. The molecule has 7 heteroatoms. The SMILES string of the molecule is COCC(C)NC(N)=NCc1ccnc(OCc2ccccc2)c1.I. The van der Waals surface area contributed by atoms with E-state index in [4.69, 9.17) is 15.2 Å². The molecule has 0 aliphatic carbocycles. The van der Waals surface area contributed by atoms with Crippen molar-refractivity contribution in [2.75, 3.05) is 13.7 Å². The topological polar surface area (TPSA) is 81.8 Å². The van der Waals surface area contributed by atoms with Crippen LogP contribution in [0.15, 0.2) is 53.7 Å². The van der Waals surface area contributed by atoms with Gasteiger partial charge in [0.2, 0.25) is 5.88 Å². The van der Waals surface area contributed by atoms with Crippen LogP contribution in [-0.4, -0.2) is 30.7 Å². The minimum atomic E-state index is 0. The van der Waals surface area contributed by atoms with Crippen LogP contribution < -0.4 is 15.8 Å². The van der Waals surface area contributed by atoms with Crippen molar-refractivity contribution in [2.45, 2.75) is 26.1 Å². The molecule has 0 amide bonds. The van der Waals surface area contributed by atoms with E-state index in [-0.39, 0.29) is 30.0 Å². The lowest BCUT2D eigenvalue weighted by molar-refractivity contribution is 0.179. The summed E-state index contributed by atoms with van der Waals surface area (Å²) in [5.41, 5.74) is 7.95. The predicted octanol–water partition coefficient (Wildman–Crippen LogP) is 2.72. The quantitative estimate of drug-likeness (QED) is 0.363. The molecule has 0 bridgehead atoms. The van der Waals surface area contributed by atoms with Gasteiger partial charge in [-0.3, -0.25) is 0 Å². The van der Waals surface area contributed by atoms with Gasteiger partial charge in [-0.2, -0.15) is 0 Å². The molecule has 2 rings (SSSR count). The van der Waals surface area contributed by atoms with E-state index in [1.54, 1.807) is 13.3 Å². The van der Waals surface area contributed by atoms with Crippen LogP contribution in [0.2, 0.25) is 0 Å². The van der Waals surface area contributed by atoms with Crippen molar-refractivity contribution < 1.29 is 9.47 Å². The molecule has 1 atom stereocenters. The molecule has 0 radical (unpaired) electrons. The third-order valence-electron chi connectivity index (χ3n) is 3.27. The Bertz CT molecular complexity index is 653. The summed E-state index contributed by atoms with van der Waals surface area (Å²) in [6.07, 6.45) is 1.71. The Kier molecular flexibility index (Phi) is 9.86. The number of hydrogen-bond donors (Lipinski definition) is 2. The van der Waals surface area contributed by atoms with Crippen LogP contribution in [0.4, 0.5) is 0 Å². The van der Waals surface area contributed by atoms with Gasteiger partial charge >= 0.3 is 0 Å². The fourth-order valence-electron chi connectivity index (χ4n) is 2.13. The highest BCUT2D eigenvalue weighted by molar-refractivity contribution is 14.0. The molecule has 6 nitrogen and oxygen atoms in total. The number of nitrogens with two attached hydrogens (primary N) is 1. The maximum absolute atomic E-state index is 5.86. The normalized spacial score (nSPS) is 12.2. The number of methoxy groups -OCH3 is 1. The molecule has 1 aromatic carbocycles. The maximum Gasteiger partial charge on any atom is 0.213 e. The molecular weight excluding hydrogens is 431 g/mol. The highest BCUT2D eigenvalue weighted by Crippen LogP contribution is 2.12. The Morgan fingerprint density at radius 3 is 2.72 bits per heavy atom. The highest BCUT2D eigenvalue weighted by atomic mass is 127. The Hall–Kier alpha value is -1.87. The van der Waals surface area contributed by atoms with E-state index in [9.17, 15) is 0 Å². The van der Waals surface area contributed by atoms with Crippen LogP contribution in [-0.2, 0) is 17.9 Å². The molecule has 0 fully saturated rings. The Balaban J connectivity index is 0.00000312. The highest BCUT2D eigenvalue weighted by Gasteiger charge is 2.03. The van der Waals surface area contributed by atoms with Crippen LogP contribution in [0, 0.1) is 0 Å². The number of rotatable bonds is 8. The van der Waals surface area contributed by atoms with Gasteiger partial charge in [0.15, 0.2) is 5.96 Å². The van der Waals surface area contributed by atoms with E-state index in [1.807, 2.05) is 49.4 Å². The van der Waals surface area contributed by atoms with Crippen molar-refractivity contribution in [2.24, 2.45) is 10.7 Å². The zero-order valence-electron chi connectivity index (χ0n) is 14.5.